The second-order valence-electron chi connectivity index (χ2n) is 5.18. The van der Waals surface area contributed by atoms with Crippen molar-refractivity contribution in [2.24, 2.45) is 0 Å². The van der Waals surface area contributed by atoms with Crippen LogP contribution in [-0.2, 0) is 0 Å². The van der Waals surface area contributed by atoms with E-state index in [9.17, 15) is 9.18 Å². The van der Waals surface area contributed by atoms with Gasteiger partial charge in [-0.15, -0.1) is 0 Å². The summed E-state index contributed by atoms with van der Waals surface area (Å²) in [5, 5.41) is 3.14. The van der Waals surface area contributed by atoms with Crippen LogP contribution in [0.15, 0.2) is 30.6 Å². The maximum Gasteiger partial charge on any atom is 0.257 e. The number of carbonyl (C=O) groups excluding carboxylic acids is 1. The fourth-order valence-corrected chi connectivity index (χ4v) is 3.24. The second kappa shape index (κ2) is 6.96. The minimum atomic E-state index is -0.806. The van der Waals surface area contributed by atoms with Gasteiger partial charge in [-0.2, -0.15) is 0 Å². The van der Waals surface area contributed by atoms with Crippen molar-refractivity contribution < 1.29 is 9.18 Å². The van der Waals surface area contributed by atoms with Crippen LogP contribution < -0.4 is 10.2 Å². The lowest BCUT2D eigenvalue weighted by Crippen LogP contribution is -2.21. The summed E-state index contributed by atoms with van der Waals surface area (Å²) in [5.41, 5.74) is 1.01. The normalized spacial score (nSPS) is 17.3. The number of halogens is 3. The molecule has 0 unspecified atom stereocenters. The number of nitrogens with one attached hydrogen (secondary N) is 1. The first-order valence-electron chi connectivity index (χ1n) is 7.00. The quantitative estimate of drug-likeness (QED) is 0.579. The zero-order valence-electron chi connectivity index (χ0n) is 12.0. The first-order chi connectivity index (χ1) is 11.0. The molecule has 0 bridgehead atoms. The number of alkyl halides is 1. The fourth-order valence-electron chi connectivity index (χ4n) is 2.33. The summed E-state index contributed by atoms with van der Waals surface area (Å²) in [6, 6.07) is 5.08. The zero-order valence-corrected chi connectivity index (χ0v) is 14.9. The summed E-state index contributed by atoms with van der Waals surface area (Å²) in [6.45, 7) is 1.00. The molecule has 1 aliphatic heterocycles. The molecule has 5 nitrogen and oxygen atoms in total. The number of nitrogens with zero attached hydrogens (tertiary/aromatic N) is 3. The molecule has 0 spiro atoms. The highest BCUT2D eigenvalue weighted by atomic mass is 127. The number of aromatic nitrogens is 2. The Hall–Kier alpha value is -1.48. The summed E-state index contributed by atoms with van der Waals surface area (Å²) < 4.78 is 14.0. The van der Waals surface area contributed by atoms with Crippen molar-refractivity contribution in [2.45, 2.75) is 12.6 Å². The first-order valence-corrected chi connectivity index (χ1v) is 8.46. The van der Waals surface area contributed by atoms with Gasteiger partial charge in [0, 0.05) is 16.3 Å². The molecule has 3 heterocycles. The van der Waals surface area contributed by atoms with Crippen LogP contribution >= 0.6 is 34.2 Å². The van der Waals surface area contributed by atoms with Crippen LogP contribution in [0.4, 0.5) is 15.9 Å². The van der Waals surface area contributed by atoms with Crippen LogP contribution in [0.2, 0.25) is 5.15 Å². The van der Waals surface area contributed by atoms with Gasteiger partial charge in [0.2, 0.25) is 0 Å². The molecule has 23 heavy (non-hydrogen) atoms. The predicted octanol–water partition coefficient (Wildman–Crippen LogP) is 3.54. The zero-order chi connectivity index (χ0) is 16.4. The van der Waals surface area contributed by atoms with Crippen LogP contribution in [0.25, 0.3) is 0 Å². The highest BCUT2D eigenvalue weighted by molar-refractivity contribution is 14.1. The highest BCUT2D eigenvalue weighted by Gasteiger charge is 2.22. The maximum absolute atomic E-state index is 13.2. The molecule has 0 radical (unpaired) electrons. The van der Waals surface area contributed by atoms with Crippen molar-refractivity contribution >= 4 is 51.6 Å². The van der Waals surface area contributed by atoms with E-state index < -0.39 is 6.17 Å². The summed E-state index contributed by atoms with van der Waals surface area (Å²) in [5.74, 6) is 0.403. The van der Waals surface area contributed by atoms with Crippen molar-refractivity contribution in [3.63, 3.8) is 0 Å². The minimum absolute atomic E-state index is 0.282. The molecule has 1 saturated heterocycles. The van der Waals surface area contributed by atoms with Gasteiger partial charge in [-0.25, -0.2) is 14.4 Å². The molecule has 8 heteroatoms. The Morgan fingerprint density at radius 3 is 2.83 bits per heavy atom. The van der Waals surface area contributed by atoms with E-state index in [2.05, 4.69) is 37.9 Å². The molecule has 0 aliphatic carbocycles. The van der Waals surface area contributed by atoms with E-state index in [1.165, 1.54) is 12.4 Å². The standard InChI is InChI=1S/C15H13ClFIN4O/c16-13-5-11(18)12(7-19-13)21-15(23)9-1-2-14(20-6-9)22-4-3-10(17)8-22/h1-2,5-7,10H,3-4,8H2,(H,21,23)/t10-/m1/s1. The van der Waals surface area contributed by atoms with E-state index in [0.717, 1.165) is 3.57 Å². The molecule has 0 saturated carbocycles. The van der Waals surface area contributed by atoms with E-state index in [1.807, 2.05) is 4.90 Å². The Kier molecular flexibility index (Phi) is 4.96. The van der Waals surface area contributed by atoms with Crippen LogP contribution in [0, 0.1) is 3.57 Å². The molecule has 120 valence electrons. The van der Waals surface area contributed by atoms with Crippen LogP contribution in [-0.4, -0.2) is 35.1 Å². The van der Waals surface area contributed by atoms with E-state index in [1.54, 1.807) is 18.2 Å². The minimum Gasteiger partial charge on any atom is -0.354 e. The van der Waals surface area contributed by atoms with Gasteiger partial charge in [0.25, 0.3) is 5.91 Å². The Morgan fingerprint density at radius 1 is 1.39 bits per heavy atom. The lowest BCUT2D eigenvalue weighted by Gasteiger charge is -2.16. The van der Waals surface area contributed by atoms with E-state index >= 15 is 0 Å². The Morgan fingerprint density at radius 2 is 2.22 bits per heavy atom. The topological polar surface area (TPSA) is 58.1 Å². The van der Waals surface area contributed by atoms with Gasteiger partial charge in [0.15, 0.2) is 0 Å². The van der Waals surface area contributed by atoms with Crippen LogP contribution in [0.1, 0.15) is 16.8 Å². The fraction of sp³-hybridized carbons (Fsp3) is 0.267. The SMILES string of the molecule is O=C(Nc1cnc(Cl)cc1I)c1ccc(N2CC[C@@H](F)C2)nc1. The summed E-state index contributed by atoms with van der Waals surface area (Å²) in [7, 11) is 0. The van der Waals surface area contributed by atoms with Crippen molar-refractivity contribution in [1.29, 1.82) is 0 Å². The highest BCUT2D eigenvalue weighted by Crippen LogP contribution is 2.22. The average molecular weight is 447 g/mol. The van der Waals surface area contributed by atoms with Crippen molar-refractivity contribution in [3.8, 4) is 0 Å². The lowest BCUT2D eigenvalue weighted by molar-refractivity contribution is 0.102. The van der Waals surface area contributed by atoms with Crippen molar-refractivity contribution in [2.75, 3.05) is 23.3 Å². The number of hydrogen-bond acceptors (Lipinski definition) is 4. The van der Waals surface area contributed by atoms with E-state index in [-0.39, 0.29) is 5.91 Å². The summed E-state index contributed by atoms with van der Waals surface area (Å²) in [4.78, 5) is 22.3. The molecule has 2 aromatic heterocycles. The van der Waals surface area contributed by atoms with Crippen molar-refractivity contribution in [1.82, 2.24) is 9.97 Å². The van der Waals surface area contributed by atoms with Gasteiger partial charge >= 0.3 is 0 Å². The van der Waals surface area contributed by atoms with Gasteiger partial charge in [-0.05, 0) is 47.2 Å². The molecule has 1 amide bonds. The molecule has 1 aliphatic rings. The lowest BCUT2D eigenvalue weighted by atomic mass is 10.2. The molecule has 1 fully saturated rings. The third-order valence-corrected chi connectivity index (χ3v) is 4.63. The number of rotatable bonds is 3. The average Bonchev–Trinajstić information content (AvgIpc) is 2.97. The van der Waals surface area contributed by atoms with Gasteiger partial charge in [0.05, 0.1) is 24.0 Å². The molecule has 0 aromatic carbocycles. The van der Waals surface area contributed by atoms with Gasteiger partial charge < -0.3 is 10.2 Å². The first kappa shape index (κ1) is 16.4. The monoisotopic (exact) mass is 446 g/mol. The smallest absolute Gasteiger partial charge is 0.257 e. The largest absolute Gasteiger partial charge is 0.354 e. The Bertz CT molecular complexity index is 728. The number of amides is 1. The number of pyridine rings is 2. The van der Waals surface area contributed by atoms with Crippen LogP contribution in [0.3, 0.4) is 0 Å². The van der Waals surface area contributed by atoms with Crippen LogP contribution in [0.5, 0.6) is 0 Å². The summed E-state index contributed by atoms with van der Waals surface area (Å²) >= 11 is 7.86. The molecule has 1 N–H and O–H groups in total. The van der Waals surface area contributed by atoms with Crippen molar-refractivity contribution in [3.05, 3.63) is 44.9 Å². The Balaban J connectivity index is 1.70. The molecule has 2 aromatic rings. The number of hydrogen-bond donors (Lipinski definition) is 1. The summed E-state index contributed by atoms with van der Waals surface area (Å²) in [6.07, 6.45) is 2.72. The third-order valence-electron chi connectivity index (χ3n) is 3.53. The van der Waals surface area contributed by atoms with E-state index in [0.29, 0.717) is 41.7 Å². The molecule has 3 rings (SSSR count). The molecule has 1 atom stereocenters. The second-order valence-corrected chi connectivity index (χ2v) is 6.73. The van der Waals surface area contributed by atoms with Gasteiger partial charge in [-0.3, -0.25) is 4.79 Å². The van der Waals surface area contributed by atoms with Gasteiger partial charge in [-0.1, -0.05) is 11.6 Å². The predicted molar refractivity (Wildman–Crippen MR) is 95.9 cm³/mol. The number of carbonyl (C=O) groups is 1. The maximum atomic E-state index is 13.2. The third kappa shape index (κ3) is 3.89. The Labute approximate surface area is 151 Å². The number of anilines is 2. The molecular weight excluding hydrogens is 434 g/mol. The molecular formula is C15H13ClFIN4O. The van der Waals surface area contributed by atoms with E-state index in [4.69, 9.17) is 11.6 Å². The van der Waals surface area contributed by atoms with Gasteiger partial charge in [0.1, 0.15) is 17.1 Å².